The van der Waals surface area contributed by atoms with Gasteiger partial charge in [-0.2, -0.15) is 0 Å². The molecule has 2 aromatic carbocycles. The number of ketones is 2. The predicted octanol–water partition coefficient (Wildman–Crippen LogP) is 7.07. The van der Waals surface area contributed by atoms with E-state index in [1.54, 1.807) is 18.2 Å². The summed E-state index contributed by atoms with van der Waals surface area (Å²) in [5.41, 5.74) is 3.01. The second kappa shape index (κ2) is 9.98. The molecule has 7 heteroatoms. The van der Waals surface area contributed by atoms with Gasteiger partial charge in [0, 0.05) is 53.5 Å². The fourth-order valence-corrected chi connectivity index (χ4v) is 5.99. The van der Waals surface area contributed by atoms with E-state index in [1.165, 1.54) is 0 Å². The van der Waals surface area contributed by atoms with Crippen molar-refractivity contribution in [2.45, 2.75) is 66.2 Å². The average Bonchev–Trinajstić information content (AvgIpc) is 2.82. The van der Waals surface area contributed by atoms with Crippen LogP contribution in [0.5, 0.6) is 5.75 Å². The summed E-state index contributed by atoms with van der Waals surface area (Å²) >= 11 is 6.16. The lowest BCUT2D eigenvalue weighted by Gasteiger charge is -2.42. The van der Waals surface area contributed by atoms with Crippen LogP contribution in [0.25, 0.3) is 0 Å². The number of rotatable bonds is 5. The molecule has 2 aliphatic carbocycles. The van der Waals surface area contributed by atoms with Gasteiger partial charge >= 0.3 is 0 Å². The maximum atomic E-state index is 13.5. The molecule has 0 fully saturated rings. The Morgan fingerprint density at radius 3 is 2.15 bits per heavy atom. The van der Waals surface area contributed by atoms with Crippen LogP contribution in [-0.4, -0.2) is 24.1 Å². The van der Waals surface area contributed by atoms with Crippen LogP contribution < -0.4 is 10.1 Å². The summed E-state index contributed by atoms with van der Waals surface area (Å²) < 4.78 is 12.2. The molecular weight excluding hydrogens is 514 g/mol. The first kappa shape index (κ1) is 27.2. The number of halogens is 1. The molecule has 39 heavy (non-hydrogen) atoms. The molecule has 0 spiro atoms. The van der Waals surface area contributed by atoms with Crippen molar-refractivity contribution in [3.63, 3.8) is 0 Å². The maximum Gasteiger partial charge on any atom is 0.262 e. The summed E-state index contributed by atoms with van der Waals surface area (Å²) in [6.45, 7) is 9.96. The maximum absolute atomic E-state index is 13.5. The Balaban J connectivity index is 1.43. The Bertz CT molecular complexity index is 1400. The highest BCUT2D eigenvalue weighted by Crippen LogP contribution is 2.53. The van der Waals surface area contributed by atoms with Gasteiger partial charge in [0.2, 0.25) is 0 Å². The zero-order valence-electron chi connectivity index (χ0n) is 23.1. The van der Waals surface area contributed by atoms with Crippen molar-refractivity contribution in [3.8, 4) is 5.75 Å². The third kappa shape index (κ3) is 5.67. The van der Waals surface area contributed by atoms with Crippen LogP contribution in [-0.2, 0) is 19.1 Å². The quantitative estimate of drug-likeness (QED) is 0.433. The second-order valence-electron chi connectivity index (χ2n) is 12.5. The van der Waals surface area contributed by atoms with E-state index in [2.05, 4.69) is 33.0 Å². The summed E-state index contributed by atoms with van der Waals surface area (Å²) in [7, 11) is 0. The van der Waals surface area contributed by atoms with Crippen molar-refractivity contribution in [2.24, 2.45) is 10.8 Å². The molecule has 204 valence electrons. The molecule has 1 aliphatic heterocycles. The number of ether oxygens (including phenoxy) is 2. The first-order valence-electron chi connectivity index (χ1n) is 13.3. The third-order valence-electron chi connectivity index (χ3n) is 7.60. The van der Waals surface area contributed by atoms with Crippen LogP contribution in [0.1, 0.15) is 70.4 Å². The van der Waals surface area contributed by atoms with Crippen LogP contribution in [0.4, 0.5) is 5.69 Å². The monoisotopic (exact) mass is 547 g/mol. The Morgan fingerprint density at radius 2 is 1.56 bits per heavy atom. The Morgan fingerprint density at radius 1 is 0.949 bits per heavy atom. The fourth-order valence-electron chi connectivity index (χ4n) is 5.81. The first-order chi connectivity index (χ1) is 18.3. The van der Waals surface area contributed by atoms with Gasteiger partial charge < -0.3 is 14.8 Å². The average molecular weight is 548 g/mol. The standard InChI is InChI=1S/C32H34ClNO5/c1-18-9-10-20(12-22(18)33)34-27(37)17-38-21-8-6-7-19(11-21)28-29-23(35)13-31(2,3)15-25(29)39-26-16-32(4,5)14-24(36)30(26)28/h6-12,28H,13-17H2,1-5H3,(H,34,37). The molecule has 3 aliphatic rings. The van der Waals surface area contributed by atoms with E-state index in [4.69, 9.17) is 21.1 Å². The smallest absolute Gasteiger partial charge is 0.262 e. The van der Waals surface area contributed by atoms with Crippen molar-refractivity contribution in [1.82, 2.24) is 0 Å². The lowest BCUT2D eigenvalue weighted by atomic mass is 9.65. The highest BCUT2D eigenvalue weighted by molar-refractivity contribution is 6.31. The van der Waals surface area contributed by atoms with Gasteiger partial charge in [0.1, 0.15) is 17.3 Å². The minimum Gasteiger partial charge on any atom is -0.484 e. The lowest BCUT2D eigenvalue weighted by molar-refractivity contribution is -0.120. The van der Waals surface area contributed by atoms with Gasteiger partial charge in [0.05, 0.1) is 0 Å². The molecule has 0 unspecified atom stereocenters. The van der Waals surface area contributed by atoms with Crippen molar-refractivity contribution < 1.29 is 23.9 Å². The molecule has 0 bridgehead atoms. The minimum atomic E-state index is -0.511. The highest BCUT2D eigenvalue weighted by atomic mass is 35.5. The molecule has 1 amide bonds. The topological polar surface area (TPSA) is 81.7 Å². The van der Waals surface area contributed by atoms with E-state index in [0.29, 0.717) is 64.8 Å². The molecule has 0 atom stereocenters. The number of aryl methyl sites for hydroxylation is 1. The molecular formula is C32H34ClNO5. The van der Waals surface area contributed by atoms with E-state index >= 15 is 0 Å². The number of allylic oxidation sites excluding steroid dienone is 4. The van der Waals surface area contributed by atoms with Gasteiger partial charge in [-0.05, 0) is 53.1 Å². The molecule has 1 N–H and O–H groups in total. The summed E-state index contributed by atoms with van der Waals surface area (Å²) in [4.78, 5) is 39.5. The van der Waals surface area contributed by atoms with Gasteiger partial charge in [-0.15, -0.1) is 0 Å². The van der Waals surface area contributed by atoms with Gasteiger partial charge in [-0.1, -0.05) is 57.5 Å². The van der Waals surface area contributed by atoms with Gasteiger partial charge in [0.15, 0.2) is 18.2 Å². The van der Waals surface area contributed by atoms with Crippen molar-refractivity contribution in [2.75, 3.05) is 11.9 Å². The molecule has 6 nitrogen and oxygen atoms in total. The first-order valence-corrected chi connectivity index (χ1v) is 13.7. The zero-order valence-corrected chi connectivity index (χ0v) is 23.8. The second-order valence-corrected chi connectivity index (χ2v) is 12.9. The van der Waals surface area contributed by atoms with E-state index in [-0.39, 0.29) is 34.9 Å². The molecule has 2 aromatic rings. The summed E-state index contributed by atoms with van der Waals surface area (Å²) in [5, 5.41) is 3.36. The van der Waals surface area contributed by atoms with E-state index in [0.717, 1.165) is 11.1 Å². The number of nitrogens with one attached hydrogen (secondary N) is 1. The number of hydrogen-bond acceptors (Lipinski definition) is 5. The predicted molar refractivity (Wildman–Crippen MR) is 151 cm³/mol. The number of Topliss-reactive ketones (excluding diaryl/α,β-unsaturated/α-hetero) is 2. The Labute approximate surface area is 234 Å². The largest absolute Gasteiger partial charge is 0.484 e. The Kier molecular flexibility index (Phi) is 6.96. The molecule has 0 saturated carbocycles. The lowest BCUT2D eigenvalue weighted by Crippen LogP contribution is -2.37. The number of carbonyl (C=O) groups is 3. The number of anilines is 1. The number of amides is 1. The number of benzene rings is 2. The van der Waals surface area contributed by atoms with Crippen molar-refractivity contribution in [3.05, 3.63) is 81.3 Å². The van der Waals surface area contributed by atoms with Crippen LogP contribution >= 0.6 is 11.6 Å². The normalized spacial score (nSPS) is 20.3. The molecule has 1 heterocycles. The molecule has 0 radical (unpaired) electrons. The third-order valence-corrected chi connectivity index (χ3v) is 8.01. The number of hydrogen-bond donors (Lipinski definition) is 1. The van der Waals surface area contributed by atoms with Gasteiger partial charge in [-0.25, -0.2) is 0 Å². The Hall–Kier alpha value is -3.38. The van der Waals surface area contributed by atoms with E-state index in [1.807, 2.05) is 31.2 Å². The summed E-state index contributed by atoms with van der Waals surface area (Å²) in [6.07, 6.45) is 2.06. The SMILES string of the molecule is Cc1ccc(NC(=O)COc2cccc(C3C4=C(CC(C)(C)CC4=O)OC4=C3C(=O)CC(C)(C)C4)c2)cc1Cl. The fraction of sp³-hybridized carbons (Fsp3) is 0.406. The van der Waals surface area contributed by atoms with E-state index < -0.39 is 5.92 Å². The molecule has 5 rings (SSSR count). The van der Waals surface area contributed by atoms with E-state index in [9.17, 15) is 14.4 Å². The van der Waals surface area contributed by atoms with Crippen molar-refractivity contribution >= 4 is 34.8 Å². The zero-order chi connectivity index (χ0) is 28.1. The van der Waals surface area contributed by atoms with Crippen LogP contribution in [0.3, 0.4) is 0 Å². The minimum absolute atomic E-state index is 0.0119. The van der Waals surface area contributed by atoms with Crippen molar-refractivity contribution in [1.29, 1.82) is 0 Å². The van der Waals surface area contributed by atoms with Crippen LogP contribution in [0.2, 0.25) is 5.02 Å². The molecule has 0 saturated heterocycles. The summed E-state index contributed by atoms with van der Waals surface area (Å²) in [6, 6.07) is 12.6. The number of carbonyl (C=O) groups excluding carboxylic acids is 3. The summed E-state index contributed by atoms with van der Waals surface area (Å²) in [5.74, 6) is 1.02. The van der Waals surface area contributed by atoms with Gasteiger partial charge in [-0.3, -0.25) is 14.4 Å². The highest BCUT2D eigenvalue weighted by Gasteiger charge is 2.47. The molecule has 0 aromatic heterocycles. The van der Waals surface area contributed by atoms with Gasteiger partial charge in [0.25, 0.3) is 5.91 Å². The van der Waals surface area contributed by atoms with Crippen LogP contribution in [0, 0.1) is 17.8 Å². The van der Waals surface area contributed by atoms with Crippen LogP contribution in [0.15, 0.2) is 65.1 Å².